The quantitative estimate of drug-likeness (QED) is 0.342. The first-order valence-electron chi connectivity index (χ1n) is 4.32. The Morgan fingerprint density at radius 3 is 2.44 bits per heavy atom. The van der Waals surface area contributed by atoms with Gasteiger partial charge in [0.15, 0.2) is 5.03 Å². The molecular weight excluding hydrogens is 343 g/mol. The molecule has 0 N–H and O–H groups in total. The van der Waals surface area contributed by atoms with Gasteiger partial charge in [-0.15, -0.1) is 0 Å². The van der Waals surface area contributed by atoms with Crippen LogP contribution in [0.2, 0.25) is 10.0 Å². The number of nitrogens with zero attached hydrogens (tertiary/aromatic N) is 1. The minimum Gasteiger partial charge on any atom is -0.312 e. The topological polar surface area (TPSA) is 38.7 Å². The first-order valence-corrected chi connectivity index (χ1v) is 6.21. The zero-order valence-electron chi connectivity index (χ0n) is 8.46. The molecule has 1 aromatic carbocycles. The average Bonchev–Trinajstić information content (AvgIpc) is 2.30. The molecule has 0 saturated carbocycles. The summed E-state index contributed by atoms with van der Waals surface area (Å²) in [7, 11) is 0. The van der Waals surface area contributed by atoms with Crippen LogP contribution in [-0.4, -0.2) is 12.2 Å². The van der Waals surface area contributed by atoms with Crippen LogP contribution < -0.4 is 0 Å². The van der Waals surface area contributed by atoms with Gasteiger partial charge in [0.2, 0.25) is 0 Å². The van der Waals surface area contributed by atoms with Crippen LogP contribution in [0.1, 0.15) is 5.56 Å². The fourth-order valence-electron chi connectivity index (χ4n) is 0.854. The van der Waals surface area contributed by atoms with Crippen molar-refractivity contribution in [1.82, 2.24) is 0 Å². The van der Waals surface area contributed by atoms with Crippen LogP contribution in [0.5, 0.6) is 0 Å². The Kier molecular flexibility index (Phi) is 6.26. The molecular formula is C10H4Cl5NO2. The van der Waals surface area contributed by atoms with E-state index in [-0.39, 0.29) is 0 Å². The highest BCUT2D eigenvalue weighted by atomic mass is 35.5. The van der Waals surface area contributed by atoms with E-state index in [1.807, 2.05) is 0 Å². The van der Waals surface area contributed by atoms with Crippen molar-refractivity contribution in [1.29, 1.82) is 0 Å². The molecule has 0 aliphatic carbocycles. The summed E-state index contributed by atoms with van der Waals surface area (Å²) in [6.45, 7) is 0. The Hall–Kier alpha value is -0.450. The summed E-state index contributed by atoms with van der Waals surface area (Å²) in [6, 6.07) is 4.74. The number of hydrogen-bond acceptors (Lipinski definition) is 3. The fraction of sp³-hybridized carbons (Fsp3) is 0. The number of hydrogen-bond donors (Lipinski definition) is 0. The van der Waals surface area contributed by atoms with Crippen molar-refractivity contribution in [2.24, 2.45) is 5.16 Å². The van der Waals surface area contributed by atoms with Crippen molar-refractivity contribution in [2.45, 2.75) is 0 Å². The molecule has 0 fully saturated rings. The number of oxime groups is 1. The minimum atomic E-state index is -0.974. The van der Waals surface area contributed by atoms with Crippen molar-refractivity contribution in [3.8, 4) is 0 Å². The van der Waals surface area contributed by atoms with Gasteiger partial charge >= 0.3 is 5.97 Å². The summed E-state index contributed by atoms with van der Waals surface area (Å²) in [4.78, 5) is 15.6. The van der Waals surface area contributed by atoms with Gasteiger partial charge in [0.05, 0.1) is 11.2 Å². The molecule has 0 aliphatic rings. The predicted molar refractivity (Wildman–Crippen MR) is 74.7 cm³/mol. The Balaban J connectivity index is 2.72. The largest absolute Gasteiger partial charge is 0.379 e. The molecule has 1 aromatic rings. The SMILES string of the molecule is O=C(ON=Cc1ccc(Cl)cc1Cl)C(Cl)=C(Cl)Cl. The summed E-state index contributed by atoms with van der Waals surface area (Å²) in [6.07, 6.45) is 1.23. The third-order valence-electron chi connectivity index (χ3n) is 1.64. The summed E-state index contributed by atoms with van der Waals surface area (Å²) < 4.78 is -0.401. The average molecular weight is 347 g/mol. The zero-order chi connectivity index (χ0) is 13.7. The molecule has 0 aromatic heterocycles. The number of rotatable bonds is 3. The van der Waals surface area contributed by atoms with Gasteiger partial charge in [-0.25, -0.2) is 4.79 Å². The molecule has 0 unspecified atom stereocenters. The Morgan fingerprint density at radius 1 is 1.22 bits per heavy atom. The second-order valence-corrected chi connectivity index (χ2v) is 5.02. The summed E-state index contributed by atoms with van der Waals surface area (Å²) in [5.74, 6) is -0.974. The molecule has 0 bridgehead atoms. The van der Waals surface area contributed by atoms with E-state index < -0.39 is 15.5 Å². The van der Waals surface area contributed by atoms with Crippen molar-refractivity contribution < 1.29 is 9.63 Å². The Morgan fingerprint density at radius 2 is 1.89 bits per heavy atom. The molecule has 18 heavy (non-hydrogen) atoms. The van der Waals surface area contributed by atoms with Gasteiger partial charge in [-0.1, -0.05) is 69.2 Å². The van der Waals surface area contributed by atoms with Gasteiger partial charge in [-0.3, -0.25) is 0 Å². The van der Waals surface area contributed by atoms with Gasteiger partial charge in [0.1, 0.15) is 4.49 Å². The van der Waals surface area contributed by atoms with Gasteiger partial charge in [-0.2, -0.15) is 0 Å². The van der Waals surface area contributed by atoms with Crippen LogP contribution >= 0.6 is 58.0 Å². The van der Waals surface area contributed by atoms with Crippen molar-refractivity contribution in [3.05, 3.63) is 43.3 Å². The summed E-state index contributed by atoms with van der Waals surface area (Å²) in [5.41, 5.74) is 0.519. The lowest BCUT2D eigenvalue weighted by atomic mass is 10.2. The molecule has 0 aliphatic heterocycles. The molecule has 0 spiro atoms. The number of halogens is 5. The number of benzene rings is 1. The molecule has 3 nitrogen and oxygen atoms in total. The lowest BCUT2D eigenvalue weighted by Crippen LogP contribution is -2.00. The first kappa shape index (κ1) is 15.6. The lowest BCUT2D eigenvalue weighted by molar-refractivity contribution is -0.138. The third-order valence-corrected chi connectivity index (χ3v) is 3.11. The Bertz CT molecular complexity index is 523. The van der Waals surface area contributed by atoms with E-state index in [0.29, 0.717) is 15.6 Å². The predicted octanol–water partition coefficient (Wildman–Crippen LogP) is 4.76. The van der Waals surface area contributed by atoms with Crippen molar-refractivity contribution in [2.75, 3.05) is 0 Å². The third kappa shape index (κ3) is 4.67. The van der Waals surface area contributed by atoms with Crippen LogP contribution in [0.3, 0.4) is 0 Å². The van der Waals surface area contributed by atoms with E-state index in [0.717, 1.165) is 0 Å². The molecule has 0 atom stereocenters. The maximum absolute atomic E-state index is 11.2. The van der Waals surface area contributed by atoms with Gasteiger partial charge < -0.3 is 4.84 Å². The minimum absolute atomic E-state index is 0.360. The van der Waals surface area contributed by atoms with E-state index in [1.54, 1.807) is 12.1 Å². The first-order chi connectivity index (χ1) is 8.41. The molecule has 1 rings (SSSR count). The van der Waals surface area contributed by atoms with E-state index >= 15 is 0 Å². The smallest absolute Gasteiger partial charge is 0.312 e. The van der Waals surface area contributed by atoms with E-state index in [1.165, 1.54) is 12.3 Å². The van der Waals surface area contributed by atoms with Crippen molar-refractivity contribution in [3.63, 3.8) is 0 Å². The highest BCUT2D eigenvalue weighted by Crippen LogP contribution is 2.20. The lowest BCUT2D eigenvalue weighted by Gasteiger charge is -1.98. The summed E-state index contributed by atoms with van der Waals surface area (Å²) >= 11 is 27.6. The monoisotopic (exact) mass is 345 g/mol. The number of carbonyl (C=O) groups is 1. The van der Waals surface area contributed by atoms with Crippen LogP contribution in [0, 0.1) is 0 Å². The highest BCUT2D eigenvalue weighted by molar-refractivity contribution is 6.62. The van der Waals surface area contributed by atoms with Crippen LogP contribution in [-0.2, 0) is 9.63 Å². The van der Waals surface area contributed by atoms with Gasteiger partial charge in [0, 0.05) is 10.6 Å². The standard InChI is InChI=1S/C10H4Cl5NO2/c11-6-2-1-5(7(12)3-6)4-16-18-10(17)8(13)9(14)15/h1-4H. The molecule has 8 heteroatoms. The normalized spacial score (nSPS) is 10.5. The zero-order valence-corrected chi connectivity index (χ0v) is 12.2. The van der Waals surface area contributed by atoms with Crippen LogP contribution in [0.15, 0.2) is 32.9 Å². The second-order valence-electron chi connectivity index (χ2n) is 2.85. The van der Waals surface area contributed by atoms with Gasteiger partial charge in [0.25, 0.3) is 0 Å². The fourth-order valence-corrected chi connectivity index (χ4v) is 1.50. The van der Waals surface area contributed by atoms with E-state index in [2.05, 4.69) is 9.99 Å². The molecule has 96 valence electrons. The number of carbonyl (C=O) groups excluding carboxylic acids is 1. The van der Waals surface area contributed by atoms with E-state index in [4.69, 9.17) is 58.0 Å². The maximum Gasteiger partial charge on any atom is 0.379 e. The highest BCUT2D eigenvalue weighted by Gasteiger charge is 2.12. The maximum atomic E-state index is 11.2. The van der Waals surface area contributed by atoms with Crippen LogP contribution in [0.25, 0.3) is 0 Å². The molecule has 0 amide bonds. The summed E-state index contributed by atoms with van der Waals surface area (Å²) in [5, 5.41) is 3.78. The second kappa shape index (κ2) is 7.22. The van der Waals surface area contributed by atoms with Crippen molar-refractivity contribution >= 4 is 70.2 Å². The van der Waals surface area contributed by atoms with E-state index in [9.17, 15) is 4.79 Å². The Labute approximate surface area is 128 Å². The molecule has 0 radical (unpaired) electrons. The van der Waals surface area contributed by atoms with Crippen LogP contribution in [0.4, 0.5) is 0 Å². The molecule has 0 saturated heterocycles. The molecule has 0 heterocycles. The van der Waals surface area contributed by atoms with Gasteiger partial charge in [-0.05, 0) is 12.1 Å².